The van der Waals surface area contributed by atoms with Crippen LogP contribution in [0.1, 0.15) is 43.4 Å². The van der Waals surface area contributed by atoms with Gasteiger partial charge in [-0.1, -0.05) is 25.1 Å². The molecular formula is C33H40N2O8S. The molecule has 236 valence electrons. The summed E-state index contributed by atoms with van der Waals surface area (Å²) in [6.45, 7) is 5.70. The smallest absolute Gasteiger partial charge is 0.311 e. The summed E-state index contributed by atoms with van der Waals surface area (Å²) in [5, 5.41) is 0. The summed E-state index contributed by atoms with van der Waals surface area (Å²) in [5.74, 6) is 1.54. The van der Waals surface area contributed by atoms with Gasteiger partial charge >= 0.3 is 5.97 Å². The average molecular weight is 625 g/mol. The number of fused-ring (bicyclic) bond motifs is 1. The van der Waals surface area contributed by atoms with Gasteiger partial charge in [-0.25, -0.2) is 8.42 Å². The van der Waals surface area contributed by atoms with E-state index < -0.39 is 15.9 Å². The van der Waals surface area contributed by atoms with E-state index >= 15 is 0 Å². The number of hydrogen-bond acceptors (Lipinski definition) is 9. The van der Waals surface area contributed by atoms with Crippen molar-refractivity contribution in [2.45, 2.75) is 37.1 Å². The minimum absolute atomic E-state index is 0.154. The molecule has 2 heterocycles. The van der Waals surface area contributed by atoms with Crippen molar-refractivity contribution in [2.24, 2.45) is 5.92 Å². The molecule has 1 fully saturated rings. The predicted octanol–water partition coefficient (Wildman–Crippen LogP) is 4.85. The Labute approximate surface area is 259 Å². The molecule has 3 atom stereocenters. The highest BCUT2D eigenvalue weighted by Gasteiger charge is 2.48. The van der Waals surface area contributed by atoms with E-state index in [4.69, 9.17) is 23.7 Å². The molecule has 3 aromatic carbocycles. The largest absolute Gasteiger partial charge is 0.497 e. The zero-order chi connectivity index (χ0) is 31.3. The molecule has 1 saturated heterocycles. The van der Waals surface area contributed by atoms with Crippen molar-refractivity contribution in [3.63, 3.8) is 0 Å². The highest BCUT2D eigenvalue weighted by molar-refractivity contribution is 7.89. The van der Waals surface area contributed by atoms with Crippen LogP contribution in [-0.4, -0.2) is 77.4 Å². The molecule has 5 rings (SSSR count). The molecule has 2 aliphatic rings. The van der Waals surface area contributed by atoms with Gasteiger partial charge in [0.15, 0.2) is 11.5 Å². The van der Waals surface area contributed by atoms with Gasteiger partial charge < -0.3 is 23.7 Å². The van der Waals surface area contributed by atoms with E-state index in [2.05, 4.69) is 4.90 Å². The van der Waals surface area contributed by atoms with Gasteiger partial charge in [-0.05, 0) is 73.0 Å². The third-order valence-electron chi connectivity index (χ3n) is 8.25. The fraction of sp³-hybridized carbons (Fsp3) is 0.424. The second-order valence-electron chi connectivity index (χ2n) is 10.8. The quantitative estimate of drug-likeness (QED) is 0.247. The van der Waals surface area contributed by atoms with Crippen LogP contribution in [0.25, 0.3) is 0 Å². The van der Waals surface area contributed by atoms with E-state index in [-0.39, 0.29) is 42.8 Å². The van der Waals surface area contributed by atoms with Gasteiger partial charge in [0.2, 0.25) is 16.8 Å². The Morgan fingerprint density at radius 1 is 0.886 bits per heavy atom. The summed E-state index contributed by atoms with van der Waals surface area (Å²) >= 11 is 0. The Morgan fingerprint density at radius 3 is 2.16 bits per heavy atom. The van der Waals surface area contributed by atoms with Crippen LogP contribution < -0.4 is 18.9 Å². The molecule has 0 bridgehead atoms. The average Bonchev–Trinajstić information content (AvgIpc) is 3.67. The van der Waals surface area contributed by atoms with Crippen LogP contribution >= 0.6 is 0 Å². The minimum Gasteiger partial charge on any atom is -0.497 e. The Kier molecular flexibility index (Phi) is 9.97. The van der Waals surface area contributed by atoms with Crippen molar-refractivity contribution < 1.29 is 36.9 Å². The molecule has 0 aliphatic carbocycles. The number of carbonyl (C=O) groups excluding carboxylic acids is 1. The molecular weight excluding hydrogens is 584 g/mol. The fourth-order valence-electron chi connectivity index (χ4n) is 6.10. The van der Waals surface area contributed by atoms with Crippen molar-refractivity contribution in [2.75, 3.05) is 53.8 Å². The first kappa shape index (κ1) is 31.6. The Bertz CT molecular complexity index is 1530. The van der Waals surface area contributed by atoms with Crippen molar-refractivity contribution in [3.05, 3.63) is 77.9 Å². The van der Waals surface area contributed by atoms with Crippen LogP contribution in [0.5, 0.6) is 23.0 Å². The van der Waals surface area contributed by atoms with E-state index in [1.165, 1.54) is 4.31 Å². The lowest BCUT2D eigenvalue weighted by atomic mass is 9.82. The van der Waals surface area contributed by atoms with Crippen molar-refractivity contribution in [3.8, 4) is 23.0 Å². The molecule has 0 radical (unpaired) electrons. The van der Waals surface area contributed by atoms with Gasteiger partial charge in [-0.3, -0.25) is 9.69 Å². The first-order chi connectivity index (χ1) is 21.3. The van der Waals surface area contributed by atoms with E-state index in [1.807, 2.05) is 49.4 Å². The molecule has 10 nitrogen and oxygen atoms in total. The lowest BCUT2D eigenvalue weighted by Crippen LogP contribution is -2.40. The molecule has 44 heavy (non-hydrogen) atoms. The standard InChI is InChI=1S/C33H40N2O8S/c1-5-17-35(44(37,38)27-14-12-26(40-4)13-15-27)19-18-34-21-28(24-9-16-29-30(20-24)43-22-42-29)31(33(36)41-6-2)32(34)23-7-10-25(39-3)11-8-23/h7-16,20,28,31-32H,5-6,17-19,21-22H2,1-4H3/t28-,31-,32+/m1/s1. The minimum atomic E-state index is -3.77. The molecule has 2 aliphatic heterocycles. The van der Waals surface area contributed by atoms with Crippen LogP contribution in [0.4, 0.5) is 0 Å². The highest BCUT2D eigenvalue weighted by atomic mass is 32.2. The number of sulfonamides is 1. The number of hydrogen-bond donors (Lipinski definition) is 0. The van der Waals surface area contributed by atoms with Crippen molar-refractivity contribution >= 4 is 16.0 Å². The molecule has 0 N–H and O–H groups in total. The summed E-state index contributed by atoms with van der Waals surface area (Å²) in [4.78, 5) is 16.1. The second-order valence-corrected chi connectivity index (χ2v) is 12.7. The number of rotatable bonds is 13. The van der Waals surface area contributed by atoms with Gasteiger partial charge in [0, 0.05) is 38.1 Å². The van der Waals surface area contributed by atoms with Crippen LogP contribution in [0.2, 0.25) is 0 Å². The lowest BCUT2D eigenvalue weighted by molar-refractivity contribution is -0.149. The number of ether oxygens (including phenoxy) is 5. The third-order valence-corrected chi connectivity index (χ3v) is 10.2. The van der Waals surface area contributed by atoms with Crippen LogP contribution in [0.3, 0.4) is 0 Å². The predicted molar refractivity (Wildman–Crippen MR) is 165 cm³/mol. The first-order valence-corrected chi connectivity index (χ1v) is 16.3. The van der Waals surface area contributed by atoms with Gasteiger partial charge in [-0.2, -0.15) is 4.31 Å². The molecule has 3 aromatic rings. The molecule has 0 aromatic heterocycles. The summed E-state index contributed by atoms with van der Waals surface area (Å²) < 4.78 is 56.5. The number of nitrogens with zero attached hydrogens (tertiary/aromatic N) is 2. The maximum atomic E-state index is 13.8. The van der Waals surface area contributed by atoms with Crippen LogP contribution in [-0.2, 0) is 19.6 Å². The maximum Gasteiger partial charge on any atom is 0.311 e. The van der Waals surface area contributed by atoms with E-state index in [9.17, 15) is 13.2 Å². The number of likely N-dealkylation sites (tertiary alicyclic amines) is 1. The number of carbonyl (C=O) groups is 1. The first-order valence-electron chi connectivity index (χ1n) is 14.9. The molecule has 0 spiro atoms. The maximum absolute atomic E-state index is 13.8. The third kappa shape index (κ3) is 6.50. The molecule has 0 amide bonds. The van der Waals surface area contributed by atoms with Gasteiger partial charge in [0.25, 0.3) is 0 Å². The number of methoxy groups -OCH3 is 2. The molecule has 0 saturated carbocycles. The normalized spacial score (nSPS) is 19.7. The summed E-state index contributed by atoms with van der Waals surface area (Å²) in [5.41, 5.74) is 1.86. The number of benzene rings is 3. The fourth-order valence-corrected chi connectivity index (χ4v) is 7.63. The lowest BCUT2D eigenvalue weighted by Gasteiger charge is -2.30. The van der Waals surface area contributed by atoms with E-state index in [0.29, 0.717) is 49.1 Å². The monoisotopic (exact) mass is 624 g/mol. The topological polar surface area (TPSA) is 104 Å². The highest BCUT2D eigenvalue weighted by Crippen LogP contribution is 2.48. The van der Waals surface area contributed by atoms with E-state index in [0.717, 1.165) is 11.1 Å². The Balaban J connectivity index is 1.49. The molecule has 11 heteroatoms. The zero-order valence-electron chi connectivity index (χ0n) is 25.6. The zero-order valence-corrected chi connectivity index (χ0v) is 26.4. The summed E-state index contributed by atoms with van der Waals surface area (Å²) in [6, 6.07) is 19.5. The van der Waals surface area contributed by atoms with Crippen molar-refractivity contribution in [1.29, 1.82) is 0 Å². The van der Waals surface area contributed by atoms with Crippen molar-refractivity contribution in [1.82, 2.24) is 9.21 Å². The SMILES string of the molecule is CCCN(CCN1C[C@H](c2ccc3c(c2)OCO3)[C@@H](C(=O)OCC)[C@@H]1c1ccc(OC)cc1)S(=O)(=O)c1ccc(OC)cc1. The number of esters is 1. The summed E-state index contributed by atoms with van der Waals surface area (Å²) in [7, 11) is -0.615. The van der Waals surface area contributed by atoms with Gasteiger partial charge in [0.1, 0.15) is 11.5 Å². The Hall–Kier alpha value is -3.80. The van der Waals surface area contributed by atoms with E-state index in [1.54, 1.807) is 45.4 Å². The van der Waals surface area contributed by atoms with Gasteiger partial charge in [-0.15, -0.1) is 0 Å². The van der Waals surface area contributed by atoms with Gasteiger partial charge in [0.05, 0.1) is 31.6 Å². The van der Waals surface area contributed by atoms with Crippen LogP contribution in [0, 0.1) is 5.92 Å². The molecule has 0 unspecified atom stereocenters. The summed E-state index contributed by atoms with van der Waals surface area (Å²) in [6.07, 6.45) is 0.655. The second kappa shape index (κ2) is 13.9. The van der Waals surface area contributed by atoms with Crippen LogP contribution in [0.15, 0.2) is 71.6 Å². The Morgan fingerprint density at radius 2 is 1.52 bits per heavy atom.